The van der Waals surface area contributed by atoms with Crippen LogP contribution in [0.25, 0.3) is 0 Å². The molecule has 2 N–H and O–H groups in total. The summed E-state index contributed by atoms with van der Waals surface area (Å²) in [5.41, 5.74) is -0.184. The number of hydrogen-bond acceptors (Lipinski definition) is 7. The van der Waals surface area contributed by atoms with Crippen LogP contribution in [-0.2, 0) is 28.7 Å². The quantitative estimate of drug-likeness (QED) is 0.419. The van der Waals surface area contributed by atoms with Crippen molar-refractivity contribution in [2.75, 3.05) is 24.6 Å². The lowest BCUT2D eigenvalue weighted by Gasteiger charge is -2.38. The van der Waals surface area contributed by atoms with Crippen molar-refractivity contribution in [3.8, 4) is 0 Å². The molecular formula is C29H34ClN3O7. The third-order valence-electron chi connectivity index (χ3n) is 8.18. The van der Waals surface area contributed by atoms with Gasteiger partial charge in [-0.3, -0.25) is 19.2 Å². The number of aryl methyl sites for hydroxylation is 1. The standard InChI is InChI=1S/C29H34ClN3O7/c1-16-8-7-9-19(30)24(16)32-13-6-4-5-10-21(35)31-14-18(3)39-28(38)22-20-11-12-29(40-20)23(22)26(36)33(17(2)15-34)25(29)27(32)37/h4,6-9,11-12,17-18,20,22-23,25,34H,5,10,13-15H2,1-3H3,(H,31,35)/b6-4-/t17-,18-,20+,22-,23-,25+,29-/m1/s1. The minimum absolute atomic E-state index is 0.119. The van der Waals surface area contributed by atoms with Gasteiger partial charge in [0.2, 0.25) is 11.8 Å². The lowest BCUT2D eigenvalue weighted by atomic mass is 9.74. The number of amides is 3. The number of nitrogens with zero attached hydrogens (tertiary/aromatic N) is 2. The summed E-state index contributed by atoms with van der Waals surface area (Å²) in [6, 6.07) is 3.43. The highest BCUT2D eigenvalue weighted by atomic mass is 35.5. The second-order valence-corrected chi connectivity index (χ2v) is 11.3. The summed E-state index contributed by atoms with van der Waals surface area (Å²) in [5, 5.41) is 13.2. The number of likely N-dealkylation sites (tertiary alicyclic amines) is 1. The molecule has 1 aromatic carbocycles. The molecule has 40 heavy (non-hydrogen) atoms. The molecular weight excluding hydrogens is 538 g/mol. The second kappa shape index (κ2) is 11.0. The van der Waals surface area contributed by atoms with E-state index in [1.807, 2.05) is 19.1 Å². The Kier molecular flexibility index (Phi) is 7.78. The Morgan fingerprint density at radius 3 is 2.70 bits per heavy atom. The molecule has 7 atom stereocenters. The minimum atomic E-state index is -1.42. The maximum Gasteiger partial charge on any atom is 0.313 e. The second-order valence-electron chi connectivity index (χ2n) is 10.9. The number of aliphatic hydroxyl groups excluding tert-OH is 1. The maximum absolute atomic E-state index is 14.7. The number of para-hydroxylation sites is 1. The van der Waals surface area contributed by atoms with Crippen molar-refractivity contribution in [2.24, 2.45) is 11.8 Å². The van der Waals surface area contributed by atoms with E-state index >= 15 is 0 Å². The van der Waals surface area contributed by atoms with Gasteiger partial charge in [-0.1, -0.05) is 48.0 Å². The van der Waals surface area contributed by atoms with Gasteiger partial charge in [-0.2, -0.15) is 0 Å². The van der Waals surface area contributed by atoms with Gasteiger partial charge in [-0.25, -0.2) is 0 Å². The number of carbonyl (C=O) groups excluding carboxylic acids is 4. The van der Waals surface area contributed by atoms with Crippen LogP contribution in [0.2, 0.25) is 5.02 Å². The van der Waals surface area contributed by atoms with Crippen LogP contribution in [-0.4, -0.2) is 83.3 Å². The van der Waals surface area contributed by atoms with E-state index in [1.54, 1.807) is 44.2 Å². The zero-order valence-corrected chi connectivity index (χ0v) is 23.5. The lowest BCUT2D eigenvalue weighted by Crippen LogP contribution is -2.58. The first-order valence-electron chi connectivity index (χ1n) is 13.6. The summed E-state index contributed by atoms with van der Waals surface area (Å²) >= 11 is 6.62. The van der Waals surface area contributed by atoms with Gasteiger partial charge < -0.3 is 29.7 Å². The molecule has 0 aromatic heterocycles. The molecule has 3 amide bonds. The van der Waals surface area contributed by atoms with Crippen LogP contribution in [0, 0.1) is 18.8 Å². The fraction of sp³-hybridized carbons (Fsp3) is 0.517. The predicted molar refractivity (Wildman–Crippen MR) is 146 cm³/mol. The summed E-state index contributed by atoms with van der Waals surface area (Å²) in [4.78, 5) is 57.3. The van der Waals surface area contributed by atoms with Crippen molar-refractivity contribution >= 4 is 41.0 Å². The summed E-state index contributed by atoms with van der Waals surface area (Å²) in [7, 11) is 0. The predicted octanol–water partition coefficient (Wildman–Crippen LogP) is 1.91. The lowest BCUT2D eigenvalue weighted by molar-refractivity contribution is -0.158. The number of hydrogen-bond donors (Lipinski definition) is 2. The molecule has 4 aliphatic heterocycles. The largest absolute Gasteiger partial charge is 0.460 e. The SMILES string of the molecule is Cc1cccc(Cl)c1N1C/C=C\CCC(=O)NC[C@@H](C)OC(=O)[C@@H]2[C@@H]3C=C[C@]4(O3)[C@H](C1=O)N([C@H](C)CO)C(=O)[C@@H]24. The Balaban J connectivity index is 1.64. The molecule has 0 radical (unpaired) electrons. The summed E-state index contributed by atoms with van der Waals surface area (Å²) in [5.74, 6) is -3.73. The zero-order valence-electron chi connectivity index (χ0n) is 22.7. The molecule has 0 aliphatic carbocycles. The van der Waals surface area contributed by atoms with Crippen LogP contribution in [0.15, 0.2) is 42.5 Å². The molecule has 0 saturated carbocycles. The zero-order chi connectivity index (χ0) is 28.8. The average Bonchev–Trinajstić information content (AvgIpc) is 3.56. The minimum Gasteiger partial charge on any atom is -0.460 e. The van der Waals surface area contributed by atoms with E-state index in [2.05, 4.69) is 5.32 Å². The highest BCUT2D eigenvalue weighted by Gasteiger charge is 2.74. The average molecular weight is 572 g/mol. The molecule has 11 heteroatoms. The van der Waals surface area contributed by atoms with Crippen molar-refractivity contribution in [3.63, 3.8) is 0 Å². The summed E-state index contributed by atoms with van der Waals surface area (Å²) in [6.45, 7) is 5.01. The van der Waals surface area contributed by atoms with Crippen LogP contribution in [0.4, 0.5) is 5.69 Å². The van der Waals surface area contributed by atoms with E-state index < -0.39 is 59.5 Å². The third-order valence-corrected chi connectivity index (χ3v) is 8.48. The molecule has 4 aliphatic rings. The number of allylic oxidation sites excluding steroid dienone is 1. The van der Waals surface area contributed by atoms with Crippen LogP contribution >= 0.6 is 11.6 Å². The Bertz CT molecular complexity index is 1260. The van der Waals surface area contributed by atoms with Gasteiger partial charge in [-0.05, 0) is 38.8 Å². The van der Waals surface area contributed by atoms with Gasteiger partial charge in [0.1, 0.15) is 23.7 Å². The number of halogens is 1. The molecule has 5 rings (SSSR count). The number of carbonyl (C=O) groups is 4. The number of rotatable bonds is 3. The van der Waals surface area contributed by atoms with Gasteiger partial charge >= 0.3 is 5.97 Å². The van der Waals surface area contributed by atoms with Crippen molar-refractivity contribution < 1.29 is 33.8 Å². The monoisotopic (exact) mass is 571 g/mol. The number of cyclic esters (lactones) is 1. The first-order chi connectivity index (χ1) is 19.1. The first kappa shape index (κ1) is 28.3. The summed E-state index contributed by atoms with van der Waals surface area (Å²) in [6.07, 6.45) is 6.29. The smallest absolute Gasteiger partial charge is 0.313 e. The Morgan fingerprint density at radius 1 is 1.20 bits per heavy atom. The number of esters is 1. The van der Waals surface area contributed by atoms with E-state index in [0.717, 1.165) is 5.56 Å². The Morgan fingerprint density at radius 2 is 1.98 bits per heavy atom. The molecule has 10 nitrogen and oxygen atoms in total. The van der Waals surface area contributed by atoms with E-state index in [9.17, 15) is 24.3 Å². The molecule has 1 aromatic rings. The van der Waals surface area contributed by atoms with Crippen molar-refractivity contribution in [2.45, 2.75) is 63.5 Å². The first-order valence-corrected chi connectivity index (χ1v) is 14.0. The Hall–Kier alpha value is -3.21. The number of nitrogens with one attached hydrogen (secondary N) is 1. The molecule has 2 saturated heterocycles. The van der Waals surface area contributed by atoms with Gasteiger partial charge in [0, 0.05) is 13.0 Å². The van der Waals surface area contributed by atoms with Gasteiger partial charge in [0.05, 0.1) is 41.9 Å². The third kappa shape index (κ3) is 4.61. The molecule has 2 fully saturated rings. The number of anilines is 1. The van der Waals surface area contributed by atoms with Gasteiger partial charge in [0.15, 0.2) is 0 Å². The molecule has 214 valence electrons. The molecule has 4 heterocycles. The normalized spacial score (nSPS) is 34.1. The van der Waals surface area contributed by atoms with Crippen molar-refractivity contribution in [1.29, 1.82) is 0 Å². The van der Waals surface area contributed by atoms with Crippen LogP contribution in [0.5, 0.6) is 0 Å². The van der Waals surface area contributed by atoms with Crippen molar-refractivity contribution in [1.82, 2.24) is 10.2 Å². The fourth-order valence-electron chi connectivity index (χ4n) is 6.30. The van der Waals surface area contributed by atoms with Crippen LogP contribution in [0.1, 0.15) is 32.3 Å². The number of aliphatic hydroxyl groups is 1. The number of benzene rings is 1. The fourth-order valence-corrected chi connectivity index (χ4v) is 6.62. The highest BCUT2D eigenvalue weighted by Crippen LogP contribution is 2.56. The Labute approximate surface area is 237 Å². The summed E-state index contributed by atoms with van der Waals surface area (Å²) < 4.78 is 12.0. The van der Waals surface area contributed by atoms with Crippen LogP contribution in [0.3, 0.4) is 0 Å². The van der Waals surface area contributed by atoms with E-state index in [4.69, 9.17) is 21.1 Å². The van der Waals surface area contributed by atoms with Gasteiger partial charge in [-0.15, -0.1) is 0 Å². The van der Waals surface area contributed by atoms with Crippen LogP contribution < -0.4 is 10.2 Å². The van der Waals surface area contributed by atoms with Crippen molar-refractivity contribution in [3.05, 3.63) is 53.1 Å². The maximum atomic E-state index is 14.7. The number of fused-ring (bicyclic) bond motifs is 2. The topological polar surface area (TPSA) is 125 Å². The van der Waals surface area contributed by atoms with E-state index in [-0.39, 0.29) is 32.0 Å². The highest BCUT2D eigenvalue weighted by molar-refractivity contribution is 6.34. The number of ether oxygens (including phenoxy) is 2. The molecule has 0 unspecified atom stereocenters. The van der Waals surface area contributed by atoms with Gasteiger partial charge in [0.25, 0.3) is 5.91 Å². The van der Waals surface area contributed by atoms with E-state index in [1.165, 1.54) is 9.80 Å². The van der Waals surface area contributed by atoms with E-state index in [0.29, 0.717) is 17.1 Å². The molecule has 1 spiro atoms. The molecule has 5 bridgehead atoms.